The van der Waals surface area contributed by atoms with Crippen LogP contribution in [0.4, 0.5) is 5.13 Å². The fourth-order valence-electron chi connectivity index (χ4n) is 2.13. The van der Waals surface area contributed by atoms with Crippen LogP contribution < -0.4 is 15.8 Å². The van der Waals surface area contributed by atoms with Crippen molar-refractivity contribution in [1.82, 2.24) is 4.98 Å². The maximum atomic E-state index is 11.8. The summed E-state index contributed by atoms with van der Waals surface area (Å²) in [5, 5.41) is 3.46. The van der Waals surface area contributed by atoms with E-state index in [2.05, 4.69) is 10.3 Å². The Hall–Kier alpha value is -1.92. The number of anilines is 1. The van der Waals surface area contributed by atoms with Crippen LogP contribution in [0.5, 0.6) is 5.75 Å². The maximum Gasteiger partial charge on any atom is 0.226 e. The third-order valence-corrected chi connectivity index (χ3v) is 4.04. The number of carbonyl (C=O) groups excluding carboxylic acids is 1. The molecule has 0 saturated heterocycles. The average Bonchev–Trinajstić information content (AvgIpc) is 2.86. The number of nitrogens with one attached hydrogen (secondary N) is 1. The molecule has 124 valence electrons. The monoisotopic (exact) mass is 333 g/mol. The van der Waals surface area contributed by atoms with Crippen LogP contribution >= 0.6 is 11.3 Å². The number of thiazole rings is 1. The van der Waals surface area contributed by atoms with E-state index in [0.717, 1.165) is 21.9 Å². The first-order valence-electron chi connectivity index (χ1n) is 7.74. The molecule has 1 heterocycles. The van der Waals surface area contributed by atoms with Gasteiger partial charge in [-0.25, -0.2) is 4.98 Å². The van der Waals surface area contributed by atoms with Gasteiger partial charge in [-0.15, -0.1) is 11.3 Å². The Morgan fingerprint density at radius 1 is 1.35 bits per heavy atom. The lowest BCUT2D eigenvalue weighted by Crippen LogP contribution is -2.13. The van der Waals surface area contributed by atoms with Gasteiger partial charge in [0.25, 0.3) is 0 Å². The van der Waals surface area contributed by atoms with Gasteiger partial charge in [0.15, 0.2) is 5.13 Å². The fourth-order valence-corrected chi connectivity index (χ4v) is 2.98. The topological polar surface area (TPSA) is 77.2 Å². The van der Waals surface area contributed by atoms with Gasteiger partial charge in [-0.2, -0.15) is 0 Å². The number of hydrogen-bond acceptors (Lipinski definition) is 5. The molecule has 0 radical (unpaired) electrons. The number of benzene rings is 1. The standard InChI is InChI=1S/C17H23N3O2S/c1-11(2)22-14-8-6-13(7-9-14)16-12(3)23-17(20-16)19-15(21)5-4-10-18/h6-9,11H,4-5,10,18H2,1-3H3,(H,19,20,21). The largest absolute Gasteiger partial charge is 0.491 e. The van der Waals surface area contributed by atoms with Gasteiger partial charge >= 0.3 is 0 Å². The predicted molar refractivity (Wildman–Crippen MR) is 95.0 cm³/mol. The maximum absolute atomic E-state index is 11.8. The summed E-state index contributed by atoms with van der Waals surface area (Å²) in [4.78, 5) is 17.4. The molecule has 0 bridgehead atoms. The molecule has 1 aromatic heterocycles. The predicted octanol–water partition coefficient (Wildman–Crippen LogP) is 3.58. The third-order valence-electron chi connectivity index (χ3n) is 3.15. The lowest BCUT2D eigenvalue weighted by Gasteiger charge is -2.09. The molecule has 0 aliphatic heterocycles. The summed E-state index contributed by atoms with van der Waals surface area (Å²) >= 11 is 1.48. The van der Waals surface area contributed by atoms with Gasteiger partial charge in [0.1, 0.15) is 5.75 Å². The van der Waals surface area contributed by atoms with Crippen molar-refractivity contribution in [3.05, 3.63) is 29.1 Å². The van der Waals surface area contributed by atoms with E-state index in [1.807, 2.05) is 45.0 Å². The number of nitrogens with zero attached hydrogens (tertiary/aromatic N) is 1. The molecule has 1 amide bonds. The zero-order valence-corrected chi connectivity index (χ0v) is 14.6. The molecule has 6 heteroatoms. The van der Waals surface area contributed by atoms with Crippen LogP contribution in [0.1, 0.15) is 31.6 Å². The van der Waals surface area contributed by atoms with E-state index in [0.29, 0.717) is 24.5 Å². The Morgan fingerprint density at radius 3 is 2.65 bits per heavy atom. The molecule has 3 N–H and O–H groups in total. The van der Waals surface area contributed by atoms with Crippen LogP contribution in [0.3, 0.4) is 0 Å². The fraction of sp³-hybridized carbons (Fsp3) is 0.412. The van der Waals surface area contributed by atoms with Crippen LogP contribution in [0, 0.1) is 6.92 Å². The molecule has 0 spiro atoms. The summed E-state index contributed by atoms with van der Waals surface area (Å²) in [6, 6.07) is 7.85. The summed E-state index contributed by atoms with van der Waals surface area (Å²) in [7, 11) is 0. The van der Waals surface area contributed by atoms with E-state index >= 15 is 0 Å². The number of ether oxygens (including phenoxy) is 1. The quantitative estimate of drug-likeness (QED) is 0.812. The van der Waals surface area contributed by atoms with Crippen LogP contribution in [0.25, 0.3) is 11.3 Å². The molecule has 0 aliphatic carbocycles. The molecule has 0 saturated carbocycles. The van der Waals surface area contributed by atoms with E-state index in [1.54, 1.807) is 0 Å². The Bertz CT molecular complexity index is 650. The molecule has 2 rings (SSSR count). The number of nitrogens with two attached hydrogens (primary N) is 1. The number of amides is 1. The summed E-state index contributed by atoms with van der Waals surface area (Å²) in [6.07, 6.45) is 1.25. The number of aryl methyl sites for hydroxylation is 1. The molecule has 0 fully saturated rings. The zero-order valence-electron chi connectivity index (χ0n) is 13.8. The SMILES string of the molecule is Cc1sc(NC(=O)CCCN)nc1-c1ccc(OC(C)C)cc1. The van der Waals surface area contributed by atoms with E-state index < -0.39 is 0 Å². The molecule has 1 aromatic carbocycles. The minimum atomic E-state index is -0.0450. The van der Waals surface area contributed by atoms with E-state index in [9.17, 15) is 4.79 Å². The molecule has 2 aromatic rings. The normalized spacial score (nSPS) is 10.8. The zero-order chi connectivity index (χ0) is 16.8. The van der Waals surface area contributed by atoms with Gasteiger partial charge < -0.3 is 15.8 Å². The van der Waals surface area contributed by atoms with Crippen molar-refractivity contribution in [3.8, 4) is 17.0 Å². The lowest BCUT2D eigenvalue weighted by atomic mass is 10.1. The summed E-state index contributed by atoms with van der Waals surface area (Å²) in [5.41, 5.74) is 7.31. The highest BCUT2D eigenvalue weighted by Gasteiger charge is 2.12. The van der Waals surface area contributed by atoms with Crippen molar-refractivity contribution in [3.63, 3.8) is 0 Å². The molecular formula is C17H23N3O2S. The third kappa shape index (κ3) is 5.04. The van der Waals surface area contributed by atoms with E-state index in [-0.39, 0.29) is 12.0 Å². The second kappa shape index (κ2) is 8.08. The molecule has 0 unspecified atom stereocenters. The van der Waals surface area contributed by atoms with Crippen LogP contribution in [0.2, 0.25) is 0 Å². The first-order valence-corrected chi connectivity index (χ1v) is 8.55. The Morgan fingerprint density at radius 2 is 2.04 bits per heavy atom. The average molecular weight is 333 g/mol. The van der Waals surface area contributed by atoms with E-state index in [4.69, 9.17) is 10.5 Å². The Kier molecular flexibility index (Phi) is 6.12. The molecule has 23 heavy (non-hydrogen) atoms. The first-order chi connectivity index (χ1) is 11.0. The van der Waals surface area contributed by atoms with Crippen LogP contribution in [-0.4, -0.2) is 23.5 Å². The van der Waals surface area contributed by atoms with Crippen molar-refractivity contribution < 1.29 is 9.53 Å². The number of carbonyl (C=O) groups is 1. The lowest BCUT2D eigenvalue weighted by molar-refractivity contribution is -0.116. The minimum Gasteiger partial charge on any atom is -0.491 e. The Balaban J connectivity index is 2.09. The minimum absolute atomic E-state index is 0.0450. The molecule has 0 aliphatic rings. The molecule has 5 nitrogen and oxygen atoms in total. The second-order valence-corrected chi connectivity index (χ2v) is 6.76. The number of hydrogen-bond donors (Lipinski definition) is 2. The second-order valence-electron chi connectivity index (χ2n) is 5.56. The first kappa shape index (κ1) is 17.4. The molecule has 0 atom stereocenters. The number of aromatic nitrogens is 1. The van der Waals surface area contributed by atoms with Gasteiger partial charge in [-0.1, -0.05) is 0 Å². The van der Waals surface area contributed by atoms with Gasteiger partial charge in [0, 0.05) is 16.9 Å². The van der Waals surface area contributed by atoms with E-state index in [1.165, 1.54) is 11.3 Å². The van der Waals surface area contributed by atoms with Crippen molar-refractivity contribution in [2.45, 2.75) is 39.7 Å². The highest BCUT2D eigenvalue weighted by atomic mass is 32.1. The highest BCUT2D eigenvalue weighted by molar-refractivity contribution is 7.16. The van der Waals surface area contributed by atoms with Gasteiger partial charge in [0.05, 0.1) is 11.8 Å². The Labute approximate surface area is 140 Å². The summed E-state index contributed by atoms with van der Waals surface area (Å²) in [6.45, 7) is 6.51. The van der Waals surface area contributed by atoms with Crippen molar-refractivity contribution in [1.29, 1.82) is 0 Å². The smallest absolute Gasteiger partial charge is 0.226 e. The van der Waals surface area contributed by atoms with Gasteiger partial charge in [-0.05, 0) is 58.0 Å². The van der Waals surface area contributed by atoms with Crippen molar-refractivity contribution >= 4 is 22.4 Å². The summed E-state index contributed by atoms with van der Waals surface area (Å²) < 4.78 is 5.65. The van der Waals surface area contributed by atoms with Crippen molar-refractivity contribution in [2.24, 2.45) is 5.73 Å². The van der Waals surface area contributed by atoms with Gasteiger partial charge in [-0.3, -0.25) is 4.79 Å². The van der Waals surface area contributed by atoms with Crippen LogP contribution in [-0.2, 0) is 4.79 Å². The highest BCUT2D eigenvalue weighted by Crippen LogP contribution is 2.31. The van der Waals surface area contributed by atoms with Crippen LogP contribution in [0.15, 0.2) is 24.3 Å². The number of rotatable bonds is 7. The molecular weight excluding hydrogens is 310 g/mol. The van der Waals surface area contributed by atoms with Gasteiger partial charge in [0.2, 0.25) is 5.91 Å². The summed E-state index contributed by atoms with van der Waals surface area (Å²) in [5.74, 6) is 0.795. The van der Waals surface area contributed by atoms with Crippen molar-refractivity contribution in [2.75, 3.05) is 11.9 Å².